The number of aryl methyl sites for hydroxylation is 1. The minimum atomic E-state index is 0.628. The van der Waals surface area contributed by atoms with Crippen LogP contribution in [0.15, 0.2) is 77.3 Å². The van der Waals surface area contributed by atoms with E-state index in [0.29, 0.717) is 13.2 Å². The van der Waals surface area contributed by atoms with E-state index in [9.17, 15) is 0 Å². The molecule has 3 rings (SSSR count). The summed E-state index contributed by atoms with van der Waals surface area (Å²) in [4.78, 5) is 1.23. The third-order valence-corrected chi connectivity index (χ3v) is 5.73. The van der Waals surface area contributed by atoms with Gasteiger partial charge in [-0.25, -0.2) is 0 Å². The van der Waals surface area contributed by atoms with Crippen LogP contribution in [0.4, 0.5) is 0 Å². The Morgan fingerprint density at radius 3 is 2.70 bits per heavy atom. The van der Waals surface area contributed by atoms with Gasteiger partial charge in [-0.2, -0.15) is 0 Å². The second kappa shape index (κ2) is 10.2. The molecule has 0 unspecified atom stereocenters. The highest BCUT2D eigenvalue weighted by molar-refractivity contribution is 7.99. The molecule has 1 heterocycles. The molecule has 0 saturated heterocycles. The first-order valence-corrected chi connectivity index (χ1v) is 10.8. The fourth-order valence-corrected chi connectivity index (χ4v) is 4.15. The lowest BCUT2D eigenvalue weighted by Crippen LogP contribution is -2.05. The second-order valence-electron chi connectivity index (χ2n) is 5.91. The molecule has 4 nitrogen and oxygen atoms in total. The highest BCUT2D eigenvalue weighted by atomic mass is 32.2. The van der Waals surface area contributed by atoms with Gasteiger partial charge in [-0.1, -0.05) is 48.2 Å². The number of ether oxygens (including phenoxy) is 1. The summed E-state index contributed by atoms with van der Waals surface area (Å²) in [6.07, 6.45) is 1.88. The Bertz CT molecular complexity index is 865. The maximum atomic E-state index is 5.82. The van der Waals surface area contributed by atoms with Gasteiger partial charge < -0.3 is 9.30 Å². The number of allylic oxidation sites excluding steroid dienone is 1. The van der Waals surface area contributed by atoms with E-state index in [0.717, 1.165) is 28.2 Å². The Hall–Kier alpha value is -2.18. The molecule has 0 amide bonds. The first-order chi connectivity index (χ1) is 13.3. The third-order valence-electron chi connectivity index (χ3n) is 3.79. The van der Waals surface area contributed by atoms with Crippen LogP contribution in [0.2, 0.25) is 0 Å². The molecule has 27 heavy (non-hydrogen) atoms. The lowest BCUT2D eigenvalue weighted by Gasteiger charge is -2.09. The van der Waals surface area contributed by atoms with Crippen molar-refractivity contribution in [1.82, 2.24) is 14.8 Å². The molecular weight excluding hydrogens is 374 g/mol. The molecule has 6 heteroatoms. The van der Waals surface area contributed by atoms with Crippen LogP contribution < -0.4 is 4.74 Å². The van der Waals surface area contributed by atoms with Crippen molar-refractivity contribution in [2.75, 3.05) is 12.4 Å². The van der Waals surface area contributed by atoms with Gasteiger partial charge in [0.1, 0.15) is 11.6 Å². The van der Waals surface area contributed by atoms with E-state index in [2.05, 4.69) is 46.5 Å². The van der Waals surface area contributed by atoms with Crippen LogP contribution in [-0.2, 0) is 12.3 Å². The molecule has 0 atom stereocenters. The average Bonchev–Trinajstić information content (AvgIpc) is 3.06. The van der Waals surface area contributed by atoms with Gasteiger partial charge in [0.25, 0.3) is 0 Å². The van der Waals surface area contributed by atoms with Gasteiger partial charge >= 0.3 is 0 Å². The summed E-state index contributed by atoms with van der Waals surface area (Å²) in [5.41, 5.74) is 1.20. The zero-order valence-corrected chi connectivity index (χ0v) is 17.0. The predicted molar refractivity (Wildman–Crippen MR) is 114 cm³/mol. The maximum absolute atomic E-state index is 5.82. The molecule has 2 aromatic carbocycles. The van der Waals surface area contributed by atoms with E-state index in [1.54, 1.807) is 23.5 Å². The van der Waals surface area contributed by atoms with E-state index in [1.165, 1.54) is 10.5 Å². The van der Waals surface area contributed by atoms with Crippen LogP contribution in [0.3, 0.4) is 0 Å². The Balaban J connectivity index is 1.55. The first kappa shape index (κ1) is 19.6. The van der Waals surface area contributed by atoms with Crippen LogP contribution >= 0.6 is 23.5 Å². The minimum Gasteiger partial charge on any atom is -0.493 e. The van der Waals surface area contributed by atoms with Crippen LogP contribution in [0.25, 0.3) is 0 Å². The van der Waals surface area contributed by atoms with E-state index >= 15 is 0 Å². The Morgan fingerprint density at radius 2 is 1.93 bits per heavy atom. The number of aromatic nitrogens is 3. The molecule has 0 saturated carbocycles. The summed E-state index contributed by atoms with van der Waals surface area (Å²) in [6, 6.07) is 18.4. The fourth-order valence-electron chi connectivity index (χ4n) is 2.51. The smallest absolute Gasteiger partial charge is 0.191 e. The van der Waals surface area contributed by atoms with Gasteiger partial charge in [-0.3, -0.25) is 0 Å². The molecule has 140 valence electrons. The van der Waals surface area contributed by atoms with Gasteiger partial charge in [0.15, 0.2) is 5.16 Å². The minimum absolute atomic E-state index is 0.628. The molecule has 0 radical (unpaired) electrons. The Kier molecular flexibility index (Phi) is 7.42. The van der Waals surface area contributed by atoms with Gasteiger partial charge in [0, 0.05) is 17.2 Å². The summed E-state index contributed by atoms with van der Waals surface area (Å²) in [7, 11) is 0. The fraction of sp³-hybridized carbons (Fsp3) is 0.238. The van der Waals surface area contributed by atoms with Crippen molar-refractivity contribution in [1.29, 1.82) is 0 Å². The van der Waals surface area contributed by atoms with Crippen molar-refractivity contribution in [2.24, 2.45) is 0 Å². The molecule has 1 aromatic heterocycles. The highest BCUT2D eigenvalue weighted by Gasteiger charge is 2.12. The summed E-state index contributed by atoms with van der Waals surface area (Å²) in [5, 5.41) is 9.65. The van der Waals surface area contributed by atoms with Crippen molar-refractivity contribution in [3.05, 3.63) is 78.6 Å². The number of thioether (sulfide) groups is 2. The molecule has 0 N–H and O–H groups in total. The standard InChI is InChI=1S/C21H23N3OS2/c1-3-12-24-20(16-27-19-10-5-4-6-11-19)22-23-21(24)26-14-13-25-18-9-7-8-17(2)15-18/h3-11,15H,1,12-14,16H2,2H3. The molecule has 3 aromatic rings. The van der Waals surface area contributed by atoms with Crippen LogP contribution in [-0.4, -0.2) is 27.1 Å². The quantitative estimate of drug-likeness (QED) is 0.266. The molecule has 0 fully saturated rings. The van der Waals surface area contributed by atoms with Crippen LogP contribution in [0, 0.1) is 6.92 Å². The summed E-state index contributed by atoms with van der Waals surface area (Å²) >= 11 is 3.42. The van der Waals surface area contributed by atoms with E-state index in [-0.39, 0.29) is 0 Å². The number of benzene rings is 2. The molecule has 0 bridgehead atoms. The van der Waals surface area contributed by atoms with Crippen molar-refractivity contribution in [3.8, 4) is 5.75 Å². The van der Waals surface area contributed by atoms with Gasteiger partial charge in [0.05, 0.1) is 12.4 Å². The zero-order valence-electron chi connectivity index (χ0n) is 15.4. The van der Waals surface area contributed by atoms with Crippen LogP contribution in [0.1, 0.15) is 11.4 Å². The predicted octanol–water partition coefficient (Wildman–Crippen LogP) is 5.24. The van der Waals surface area contributed by atoms with E-state index in [1.807, 2.05) is 42.5 Å². The number of hydrogen-bond donors (Lipinski definition) is 0. The van der Waals surface area contributed by atoms with Crippen molar-refractivity contribution < 1.29 is 4.74 Å². The SMILES string of the molecule is C=CCn1c(CSc2ccccc2)nnc1SCCOc1cccc(C)c1. The lowest BCUT2D eigenvalue weighted by molar-refractivity contribution is 0.343. The topological polar surface area (TPSA) is 39.9 Å². The van der Waals surface area contributed by atoms with Crippen molar-refractivity contribution >= 4 is 23.5 Å². The second-order valence-corrected chi connectivity index (χ2v) is 8.02. The van der Waals surface area contributed by atoms with E-state index in [4.69, 9.17) is 4.74 Å². The van der Waals surface area contributed by atoms with Gasteiger partial charge in [-0.05, 0) is 36.8 Å². The lowest BCUT2D eigenvalue weighted by atomic mass is 10.2. The number of rotatable bonds is 10. The molecular formula is C21H23N3OS2. The number of nitrogens with zero attached hydrogens (tertiary/aromatic N) is 3. The summed E-state index contributed by atoms with van der Waals surface area (Å²) in [5.74, 6) is 3.47. The Labute approximate surface area is 169 Å². The first-order valence-electron chi connectivity index (χ1n) is 8.79. The zero-order chi connectivity index (χ0) is 18.9. The normalized spacial score (nSPS) is 10.7. The van der Waals surface area contributed by atoms with E-state index < -0.39 is 0 Å². The van der Waals surface area contributed by atoms with Crippen molar-refractivity contribution in [2.45, 2.75) is 29.3 Å². The Morgan fingerprint density at radius 1 is 1.07 bits per heavy atom. The maximum Gasteiger partial charge on any atom is 0.191 e. The van der Waals surface area contributed by atoms with Gasteiger partial charge in [-0.15, -0.1) is 28.5 Å². The summed E-state index contributed by atoms with van der Waals surface area (Å²) < 4.78 is 7.94. The third kappa shape index (κ3) is 5.91. The number of hydrogen-bond acceptors (Lipinski definition) is 5. The summed E-state index contributed by atoms with van der Waals surface area (Å²) in [6.45, 7) is 7.26. The monoisotopic (exact) mass is 397 g/mol. The van der Waals surface area contributed by atoms with Gasteiger partial charge in [0.2, 0.25) is 0 Å². The molecule has 0 spiro atoms. The average molecular weight is 398 g/mol. The molecule has 0 aliphatic rings. The van der Waals surface area contributed by atoms with Crippen LogP contribution in [0.5, 0.6) is 5.75 Å². The van der Waals surface area contributed by atoms with Crippen molar-refractivity contribution in [3.63, 3.8) is 0 Å². The largest absolute Gasteiger partial charge is 0.493 e. The molecule has 0 aliphatic heterocycles. The highest BCUT2D eigenvalue weighted by Crippen LogP contribution is 2.24. The molecule has 0 aliphatic carbocycles.